The second-order valence-electron chi connectivity index (χ2n) is 5.26. The number of carbonyl (C=O) groups excluding carboxylic acids is 1. The van der Waals surface area contributed by atoms with Crippen LogP contribution in [-0.2, 0) is 4.79 Å². The fraction of sp³-hybridized carbons (Fsp3) is 0.467. The molecule has 1 aliphatic heterocycles. The highest BCUT2D eigenvalue weighted by molar-refractivity contribution is 5.94. The van der Waals surface area contributed by atoms with Gasteiger partial charge in [-0.2, -0.15) is 0 Å². The molecule has 1 unspecified atom stereocenters. The first-order chi connectivity index (χ1) is 9.50. The quantitative estimate of drug-likeness (QED) is 0.883. The minimum Gasteiger partial charge on any atom is -0.480 e. The number of aliphatic carboxylic acids is 1. The number of benzene rings is 1. The molecule has 108 valence electrons. The number of hydrogen-bond donors (Lipinski definition) is 2. The van der Waals surface area contributed by atoms with E-state index in [1.165, 1.54) is 0 Å². The van der Waals surface area contributed by atoms with Gasteiger partial charge in [-0.15, -0.1) is 0 Å². The van der Waals surface area contributed by atoms with Gasteiger partial charge in [0.25, 0.3) is 0 Å². The molecule has 20 heavy (non-hydrogen) atoms. The predicted molar refractivity (Wildman–Crippen MR) is 76.9 cm³/mol. The van der Waals surface area contributed by atoms with Gasteiger partial charge >= 0.3 is 5.97 Å². The molecule has 5 heteroatoms. The highest BCUT2D eigenvalue weighted by Crippen LogP contribution is 2.26. The third-order valence-corrected chi connectivity index (χ3v) is 3.84. The Labute approximate surface area is 118 Å². The Morgan fingerprint density at radius 2 is 2.05 bits per heavy atom. The molecule has 1 atom stereocenters. The smallest absolute Gasteiger partial charge is 0.326 e. The number of primary amides is 1. The van der Waals surface area contributed by atoms with E-state index in [1.807, 2.05) is 17.9 Å². The standard InChI is InChI=1S/C15H20N2O3/c1-10-9-11(6-7-12(10)14(16)18)17-8-4-2-3-5-13(17)15(19)20/h6-7,9,13H,2-5,8H2,1H3,(H2,16,18)(H,19,20). The van der Waals surface area contributed by atoms with Crippen LogP contribution in [-0.4, -0.2) is 29.6 Å². The average molecular weight is 276 g/mol. The normalized spacial score (nSPS) is 19.4. The van der Waals surface area contributed by atoms with Crippen LogP contribution in [0, 0.1) is 6.92 Å². The van der Waals surface area contributed by atoms with E-state index in [9.17, 15) is 14.7 Å². The first-order valence-corrected chi connectivity index (χ1v) is 6.90. The van der Waals surface area contributed by atoms with Gasteiger partial charge in [-0.05, 0) is 43.5 Å². The van der Waals surface area contributed by atoms with Gasteiger partial charge in [0.05, 0.1) is 0 Å². The summed E-state index contributed by atoms with van der Waals surface area (Å²) in [5.41, 5.74) is 7.41. The molecule has 2 rings (SSSR count). The first kappa shape index (κ1) is 14.4. The molecule has 1 aliphatic rings. The molecular weight excluding hydrogens is 256 g/mol. The van der Waals surface area contributed by atoms with Crippen LogP contribution in [0.25, 0.3) is 0 Å². The maximum Gasteiger partial charge on any atom is 0.326 e. The van der Waals surface area contributed by atoms with Gasteiger partial charge in [0, 0.05) is 17.8 Å². The maximum atomic E-state index is 11.4. The van der Waals surface area contributed by atoms with Crippen LogP contribution in [0.4, 0.5) is 5.69 Å². The number of rotatable bonds is 3. The van der Waals surface area contributed by atoms with Crippen molar-refractivity contribution < 1.29 is 14.7 Å². The van der Waals surface area contributed by atoms with Gasteiger partial charge in [0.1, 0.15) is 6.04 Å². The molecular formula is C15H20N2O3. The van der Waals surface area contributed by atoms with E-state index < -0.39 is 17.9 Å². The van der Waals surface area contributed by atoms with Crippen molar-refractivity contribution in [1.29, 1.82) is 0 Å². The lowest BCUT2D eigenvalue weighted by molar-refractivity contribution is -0.138. The van der Waals surface area contributed by atoms with E-state index in [2.05, 4.69) is 0 Å². The number of nitrogens with zero attached hydrogens (tertiary/aromatic N) is 1. The van der Waals surface area contributed by atoms with Crippen LogP contribution in [0.15, 0.2) is 18.2 Å². The average Bonchev–Trinajstić information content (AvgIpc) is 2.63. The van der Waals surface area contributed by atoms with E-state index in [4.69, 9.17) is 5.73 Å². The number of carboxylic acids is 1. The molecule has 1 fully saturated rings. The van der Waals surface area contributed by atoms with Crippen molar-refractivity contribution in [2.75, 3.05) is 11.4 Å². The number of nitrogens with two attached hydrogens (primary N) is 1. The molecule has 0 radical (unpaired) electrons. The summed E-state index contributed by atoms with van der Waals surface area (Å²) >= 11 is 0. The highest BCUT2D eigenvalue weighted by Gasteiger charge is 2.27. The molecule has 1 heterocycles. The zero-order chi connectivity index (χ0) is 14.7. The first-order valence-electron chi connectivity index (χ1n) is 6.90. The van der Waals surface area contributed by atoms with Crippen molar-refractivity contribution in [2.45, 2.75) is 38.6 Å². The van der Waals surface area contributed by atoms with E-state index >= 15 is 0 Å². The minimum absolute atomic E-state index is 0.459. The van der Waals surface area contributed by atoms with E-state index in [0.29, 0.717) is 12.0 Å². The van der Waals surface area contributed by atoms with Crippen LogP contribution < -0.4 is 10.6 Å². The fourth-order valence-corrected chi connectivity index (χ4v) is 2.78. The topological polar surface area (TPSA) is 83.6 Å². The lowest BCUT2D eigenvalue weighted by Crippen LogP contribution is -2.40. The van der Waals surface area contributed by atoms with Crippen molar-refractivity contribution in [3.05, 3.63) is 29.3 Å². The number of hydrogen-bond acceptors (Lipinski definition) is 3. The molecule has 5 nitrogen and oxygen atoms in total. The van der Waals surface area contributed by atoms with Crippen molar-refractivity contribution in [1.82, 2.24) is 0 Å². The number of amides is 1. The summed E-state index contributed by atoms with van der Waals surface area (Å²) in [5, 5.41) is 9.39. The molecule has 3 N–H and O–H groups in total. The second kappa shape index (κ2) is 5.94. The summed E-state index contributed by atoms with van der Waals surface area (Å²) in [6, 6.07) is 4.82. The van der Waals surface area contributed by atoms with Gasteiger partial charge in [0.15, 0.2) is 0 Å². The zero-order valence-electron chi connectivity index (χ0n) is 11.6. The summed E-state index contributed by atoms with van der Waals surface area (Å²) in [7, 11) is 0. The van der Waals surface area contributed by atoms with Gasteiger partial charge in [-0.3, -0.25) is 4.79 Å². The van der Waals surface area contributed by atoms with Crippen molar-refractivity contribution >= 4 is 17.6 Å². The highest BCUT2D eigenvalue weighted by atomic mass is 16.4. The van der Waals surface area contributed by atoms with Crippen LogP contribution in [0.1, 0.15) is 41.6 Å². The predicted octanol–water partition coefficient (Wildman–Crippen LogP) is 1.93. The van der Waals surface area contributed by atoms with Crippen molar-refractivity contribution in [3.8, 4) is 0 Å². The Kier molecular flexibility index (Phi) is 4.27. The fourth-order valence-electron chi connectivity index (χ4n) is 2.78. The third-order valence-electron chi connectivity index (χ3n) is 3.84. The van der Waals surface area contributed by atoms with E-state index in [-0.39, 0.29) is 0 Å². The number of carboxylic acid groups (broad SMARTS) is 1. The molecule has 0 bridgehead atoms. The van der Waals surface area contributed by atoms with Gasteiger partial charge in [-0.1, -0.05) is 12.8 Å². The lowest BCUT2D eigenvalue weighted by atomic mass is 10.1. The van der Waals surface area contributed by atoms with Gasteiger partial charge in [-0.25, -0.2) is 4.79 Å². The summed E-state index contributed by atoms with van der Waals surface area (Å²) in [6.45, 7) is 2.55. The van der Waals surface area contributed by atoms with Crippen LogP contribution in [0.5, 0.6) is 0 Å². The Morgan fingerprint density at radius 1 is 1.30 bits per heavy atom. The molecule has 1 aromatic rings. The molecule has 1 saturated heterocycles. The Hall–Kier alpha value is -2.04. The monoisotopic (exact) mass is 276 g/mol. The van der Waals surface area contributed by atoms with Crippen LogP contribution in [0.3, 0.4) is 0 Å². The van der Waals surface area contributed by atoms with Crippen molar-refractivity contribution in [2.24, 2.45) is 5.73 Å². The van der Waals surface area contributed by atoms with Crippen molar-refractivity contribution in [3.63, 3.8) is 0 Å². The summed E-state index contributed by atoms with van der Waals surface area (Å²) in [6.07, 6.45) is 3.64. The molecule has 0 spiro atoms. The van der Waals surface area contributed by atoms with Crippen LogP contribution in [0.2, 0.25) is 0 Å². The summed E-state index contributed by atoms with van der Waals surface area (Å²) in [4.78, 5) is 24.6. The number of anilines is 1. The van der Waals surface area contributed by atoms with E-state index in [1.54, 1.807) is 12.1 Å². The van der Waals surface area contributed by atoms with Gasteiger partial charge < -0.3 is 15.7 Å². The van der Waals surface area contributed by atoms with E-state index in [0.717, 1.165) is 37.1 Å². The lowest BCUT2D eigenvalue weighted by Gasteiger charge is -2.29. The second-order valence-corrected chi connectivity index (χ2v) is 5.26. The zero-order valence-corrected chi connectivity index (χ0v) is 11.6. The molecule has 0 saturated carbocycles. The summed E-state index contributed by atoms with van der Waals surface area (Å²) < 4.78 is 0. The Balaban J connectivity index is 2.34. The SMILES string of the molecule is Cc1cc(N2CCCCCC2C(=O)O)ccc1C(N)=O. The molecule has 0 aliphatic carbocycles. The molecule has 1 aromatic carbocycles. The number of carbonyl (C=O) groups is 2. The number of aryl methyl sites for hydroxylation is 1. The van der Waals surface area contributed by atoms with Gasteiger partial charge in [0.2, 0.25) is 5.91 Å². The third kappa shape index (κ3) is 2.92. The minimum atomic E-state index is -0.788. The molecule has 1 amide bonds. The molecule has 0 aromatic heterocycles. The largest absolute Gasteiger partial charge is 0.480 e. The summed E-state index contributed by atoms with van der Waals surface area (Å²) in [5.74, 6) is -1.25. The Bertz CT molecular complexity index is 528. The Morgan fingerprint density at radius 3 is 2.65 bits per heavy atom. The maximum absolute atomic E-state index is 11.4. The van der Waals surface area contributed by atoms with Crippen LogP contribution >= 0.6 is 0 Å².